The van der Waals surface area contributed by atoms with Crippen LogP contribution in [0, 0.1) is 6.92 Å². The van der Waals surface area contributed by atoms with E-state index in [0.29, 0.717) is 5.57 Å². The Morgan fingerprint density at radius 1 is 0.800 bits per heavy atom. The molecule has 0 saturated heterocycles. The fourth-order valence-electron chi connectivity index (χ4n) is 2.94. The van der Waals surface area contributed by atoms with Gasteiger partial charge in [0, 0.05) is 9.79 Å². The van der Waals surface area contributed by atoms with E-state index in [-0.39, 0.29) is 10.2 Å². The molecule has 0 heterocycles. The standard InChI is InChI=1S/C26H22O2S2/c1-5-25(27)29-22-11-6-19(7-12-22)21-10-15-24(18(4)16-21)20-8-13-23(14-9-20)30-26(28)17(2)3/h5-16H,1-2H2,3-4H3. The Morgan fingerprint density at radius 3 is 1.87 bits per heavy atom. The minimum atomic E-state index is -0.0589. The minimum absolute atomic E-state index is 0.0124. The molecule has 0 saturated carbocycles. The molecule has 2 nitrogen and oxygen atoms in total. The number of benzene rings is 3. The predicted octanol–water partition coefficient (Wildman–Crippen LogP) is 7.33. The molecule has 4 heteroatoms. The highest BCUT2D eigenvalue weighted by molar-refractivity contribution is 8.14. The summed E-state index contributed by atoms with van der Waals surface area (Å²) in [6, 6.07) is 22.4. The van der Waals surface area contributed by atoms with E-state index in [1.54, 1.807) is 6.92 Å². The van der Waals surface area contributed by atoms with E-state index in [1.165, 1.54) is 35.2 Å². The Kier molecular flexibility index (Phi) is 7.14. The average Bonchev–Trinajstić information content (AvgIpc) is 2.74. The van der Waals surface area contributed by atoms with Crippen LogP contribution in [0.5, 0.6) is 0 Å². The Morgan fingerprint density at radius 2 is 1.33 bits per heavy atom. The first-order valence-electron chi connectivity index (χ1n) is 9.41. The van der Waals surface area contributed by atoms with Gasteiger partial charge in [0.05, 0.1) is 0 Å². The molecule has 0 bridgehead atoms. The Hall–Kier alpha value is -2.82. The van der Waals surface area contributed by atoms with Crippen molar-refractivity contribution >= 4 is 33.8 Å². The van der Waals surface area contributed by atoms with Crippen LogP contribution in [0.15, 0.2) is 101 Å². The lowest BCUT2D eigenvalue weighted by Crippen LogP contribution is -1.91. The first-order chi connectivity index (χ1) is 14.4. The number of carbonyl (C=O) groups excluding carboxylic acids is 2. The number of aryl methyl sites for hydroxylation is 1. The third-order valence-corrected chi connectivity index (χ3v) is 6.44. The molecular formula is C26H22O2S2. The number of carbonyl (C=O) groups is 2. The van der Waals surface area contributed by atoms with Crippen molar-refractivity contribution in [2.45, 2.75) is 23.6 Å². The van der Waals surface area contributed by atoms with Crippen molar-refractivity contribution in [1.82, 2.24) is 0 Å². The van der Waals surface area contributed by atoms with Crippen molar-refractivity contribution in [2.24, 2.45) is 0 Å². The second-order valence-electron chi connectivity index (χ2n) is 6.87. The summed E-state index contributed by atoms with van der Waals surface area (Å²) in [5.74, 6) is 0. The third kappa shape index (κ3) is 5.41. The minimum Gasteiger partial charge on any atom is -0.282 e. The highest BCUT2D eigenvalue weighted by Gasteiger charge is 2.08. The zero-order valence-corrected chi connectivity index (χ0v) is 18.6. The zero-order chi connectivity index (χ0) is 21.7. The topological polar surface area (TPSA) is 34.1 Å². The van der Waals surface area contributed by atoms with Crippen molar-refractivity contribution in [1.29, 1.82) is 0 Å². The highest BCUT2D eigenvalue weighted by atomic mass is 32.2. The SMILES string of the molecule is C=CC(=O)Sc1ccc(-c2ccc(-c3ccc(SC(=O)C(=C)C)cc3)c(C)c2)cc1. The predicted molar refractivity (Wildman–Crippen MR) is 129 cm³/mol. The summed E-state index contributed by atoms with van der Waals surface area (Å²) in [6.07, 6.45) is 1.32. The van der Waals surface area contributed by atoms with Crippen LogP contribution in [-0.4, -0.2) is 10.2 Å². The van der Waals surface area contributed by atoms with Crippen LogP contribution in [0.25, 0.3) is 22.3 Å². The van der Waals surface area contributed by atoms with Crippen molar-refractivity contribution in [3.05, 3.63) is 97.1 Å². The zero-order valence-electron chi connectivity index (χ0n) is 17.0. The van der Waals surface area contributed by atoms with Crippen LogP contribution < -0.4 is 0 Å². The van der Waals surface area contributed by atoms with Crippen molar-refractivity contribution < 1.29 is 9.59 Å². The van der Waals surface area contributed by atoms with Gasteiger partial charge in [0.1, 0.15) is 0 Å². The fourth-order valence-corrected chi connectivity index (χ4v) is 4.19. The summed E-state index contributed by atoms with van der Waals surface area (Å²) < 4.78 is 0. The van der Waals surface area contributed by atoms with Crippen LogP contribution in [0.3, 0.4) is 0 Å². The second-order valence-corrected chi connectivity index (χ2v) is 9.00. The maximum absolute atomic E-state index is 11.8. The van der Waals surface area contributed by atoms with Crippen LogP contribution >= 0.6 is 23.5 Å². The molecule has 0 aliphatic rings. The van der Waals surface area contributed by atoms with Crippen LogP contribution in [0.1, 0.15) is 12.5 Å². The first kappa shape index (κ1) is 21.9. The monoisotopic (exact) mass is 430 g/mol. The van der Waals surface area contributed by atoms with Crippen molar-refractivity contribution in [3.63, 3.8) is 0 Å². The van der Waals surface area contributed by atoms with E-state index in [0.717, 1.165) is 32.0 Å². The van der Waals surface area contributed by atoms with E-state index >= 15 is 0 Å². The lowest BCUT2D eigenvalue weighted by molar-refractivity contribution is -0.108. The lowest BCUT2D eigenvalue weighted by atomic mass is 9.96. The number of thioether (sulfide) groups is 2. The Bertz CT molecular complexity index is 1110. The summed E-state index contributed by atoms with van der Waals surface area (Å²) in [7, 11) is 0. The van der Waals surface area contributed by atoms with E-state index in [2.05, 4.69) is 38.3 Å². The molecule has 0 spiro atoms. The maximum atomic E-state index is 11.8. The quantitative estimate of drug-likeness (QED) is 0.303. The molecule has 150 valence electrons. The first-order valence-corrected chi connectivity index (χ1v) is 11.0. The molecule has 3 rings (SSSR count). The van der Waals surface area contributed by atoms with E-state index in [1.807, 2.05) is 48.5 Å². The molecule has 0 N–H and O–H groups in total. The Labute approximate surface area is 186 Å². The third-order valence-electron chi connectivity index (χ3n) is 4.52. The molecular weight excluding hydrogens is 408 g/mol. The summed E-state index contributed by atoms with van der Waals surface area (Å²) in [4.78, 5) is 25.1. The van der Waals surface area contributed by atoms with E-state index < -0.39 is 0 Å². The molecule has 3 aromatic carbocycles. The molecule has 3 aromatic rings. The summed E-state index contributed by atoms with van der Waals surface area (Å²) in [5, 5.41) is -0.0714. The normalized spacial score (nSPS) is 10.5. The van der Waals surface area contributed by atoms with Gasteiger partial charge in [-0.1, -0.05) is 55.6 Å². The molecule has 30 heavy (non-hydrogen) atoms. The van der Waals surface area contributed by atoms with E-state index in [4.69, 9.17) is 0 Å². The van der Waals surface area contributed by atoms with Gasteiger partial charge in [0.25, 0.3) is 0 Å². The number of rotatable bonds is 6. The smallest absolute Gasteiger partial charge is 0.219 e. The average molecular weight is 431 g/mol. The maximum Gasteiger partial charge on any atom is 0.219 e. The van der Waals surface area contributed by atoms with Crippen molar-refractivity contribution in [2.75, 3.05) is 0 Å². The van der Waals surface area contributed by atoms with Gasteiger partial charge in [-0.2, -0.15) is 0 Å². The van der Waals surface area contributed by atoms with Gasteiger partial charge in [-0.15, -0.1) is 0 Å². The second kappa shape index (κ2) is 9.79. The molecule has 0 amide bonds. The van der Waals surface area contributed by atoms with Gasteiger partial charge in [0.2, 0.25) is 10.2 Å². The van der Waals surface area contributed by atoms with Gasteiger partial charge < -0.3 is 0 Å². The van der Waals surface area contributed by atoms with Gasteiger partial charge in [-0.3, -0.25) is 9.59 Å². The summed E-state index contributed by atoms with van der Waals surface area (Å²) in [5.41, 5.74) is 6.22. The van der Waals surface area contributed by atoms with Gasteiger partial charge in [0.15, 0.2) is 0 Å². The largest absolute Gasteiger partial charge is 0.282 e. The van der Waals surface area contributed by atoms with Crippen LogP contribution in [0.2, 0.25) is 0 Å². The number of hydrogen-bond donors (Lipinski definition) is 0. The molecule has 0 radical (unpaired) electrons. The van der Waals surface area contributed by atoms with Crippen LogP contribution in [-0.2, 0) is 9.59 Å². The lowest BCUT2D eigenvalue weighted by Gasteiger charge is -2.10. The number of hydrogen-bond acceptors (Lipinski definition) is 4. The fraction of sp³-hybridized carbons (Fsp3) is 0.0769. The van der Waals surface area contributed by atoms with Crippen molar-refractivity contribution in [3.8, 4) is 22.3 Å². The molecule has 0 aliphatic carbocycles. The van der Waals surface area contributed by atoms with Gasteiger partial charge in [-0.05, 0) is 101 Å². The molecule has 0 aliphatic heterocycles. The highest BCUT2D eigenvalue weighted by Crippen LogP contribution is 2.31. The van der Waals surface area contributed by atoms with Crippen LogP contribution in [0.4, 0.5) is 0 Å². The molecule has 0 unspecified atom stereocenters. The Balaban J connectivity index is 1.78. The molecule has 0 aromatic heterocycles. The summed E-state index contributed by atoms with van der Waals surface area (Å²) >= 11 is 2.37. The van der Waals surface area contributed by atoms with E-state index in [9.17, 15) is 9.59 Å². The molecule has 0 fully saturated rings. The molecule has 0 atom stereocenters. The van der Waals surface area contributed by atoms with Gasteiger partial charge in [-0.25, -0.2) is 0 Å². The summed E-state index contributed by atoms with van der Waals surface area (Å²) in [6.45, 7) is 11.0. The van der Waals surface area contributed by atoms with Gasteiger partial charge >= 0.3 is 0 Å².